The van der Waals surface area contributed by atoms with Crippen molar-refractivity contribution in [3.05, 3.63) is 46.6 Å². The number of hydrogen-bond donors (Lipinski definition) is 2. The monoisotopic (exact) mass is 345 g/mol. The van der Waals surface area contributed by atoms with Crippen LogP contribution in [0.25, 0.3) is 0 Å². The Bertz CT molecular complexity index is 751. The van der Waals surface area contributed by atoms with Gasteiger partial charge in [-0.05, 0) is 31.2 Å². The fourth-order valence-corrected chi connectivity index (χ4v) is 2.99. The van der Waals surface area contributed by atoms with Gasteiger partial charge in [-0.2, -0.15) is 0 Å². The predicted molar refractivity (Wildman–Crippen MR) is 85.7 cm³/mol. The summed E-state index contributed by atoms with van der Waals surface area (Å²) in [6.07, 6.45) is 1.43. The van der Waals surface area contributed by atoms with Crippen LogP contribution in [-0.2, 0) is 10.0 Å². The van der Waals surface area contributed by atoms with Crippen LogP contribution in [0.1, 0.15) is 6.92 Å². The van der Waals surface area contributed by atoms with Gasteiger partial charge in [0.1, 0.15) is 5.82 Å². The second kappa shape index (κ2) is 6.51. The molecule has 0 aliphatic carbocycles. The van der Waals surface area contributed by atoms with Gasteiger partial charge >= 0.3 is 0 Å². The van der Waals surface area contributed by atoms with Crippen LogP contribution < -0.4 is 10.0 Å². The van der Waals surface area contributed by atoms with Crippen molar-refractivity contribution >= 4 is 44.7 Å². The summed E-state index contributed by atoms with van der Waals surface area (Å²) >= 11 is 11.7. The molecule has 0 spiro atoms. The number of hydrogen-bond acceptors (Lipinski definition) is 4. The Balaban J connectivity index is 2.29. The third-order valence-corrected chi connectivity index (χ3v) is 4.69. The molecule has 8 heteroatoms. The summed E-state index contributed by atoms with van der Waals surface area (Å²) in [6, 6.07) is 7.40. The van der Waals surface area contributed by atoms with Crippen LogP contribution >= 0.6 is 23.2 Å². The molecule has 5 nitrogen and oxygen atoms in total. The summed E-state index contributed by atoms with van der Waals surface area (Å²) in [5.74, 6) is 0.495. The summed E-state index contributed by atoms with van der Waals surface area (Å²) in [5, 5.41) is 3.60. The highest BCUT2D eigenvalue weighted by Gasteiger charge is 2.15. The van der Waals surface area contributed by atoms with Crippen LogP contribution in [0.15, 0.2) is 41.4 Å². The van der Waals surface area contributed by atoms with Gasteiger partial charge in [0.2, 0.25) is 0 Å². The maximum Gasteiger partial charge on any atom is 0.262 e. The second-order valence-electron chi connectivity index (χ2n) is 4.14. The molecule has 0 saturated carbocycles. The normalized spacial score (nSPS) is 11.2. The molecule has 0 aliphatic rings. The van der Waals surface area contributed by atoms with Crippen molar-refractivity contribution in [1.29, 1.82) is 0 Å². The first-order chi connectivity index (χ1) is 9.92. The molecule has 1 aromatic carbocycles. The quantitative estimate of drug-likeness (QED) is 0.867. The highest BCUT2D eigenvalue weighted by Crippen LogP contribution is 2.26. The lowest BCUT2D eigenvalue weighted by atomic mass is 10.3. The average Bonchev–Trinajstić information content (AvgIpc) is 2.43. The van der Waals surface area contributed by atoms with E-state index in [1.54, 1.807) is 0 Å². The van der Waals surface area contributed by atoms with Crippen LogP contribution in [0, 0.1) is 0 Å². The van der Waals surface area contributed by atoms with Crippen molar-refractivity contribution in [2.24, 2.45) is 0 Å². The first-order valence-corrected chi connectivity index (χ1v) is 8.34. The molecule has 2 rings (SSSR count). The van der Waals surface area contributed by atoms with Gasteiger partial charge < -0.3 is 5.32 Å². The largest absolute Gasteiger partial charge is 0.370 e. The fraction of sp³-hybridized carbons (Fsp3) is 0.154. The molecule has 0 aliphatic heterocycles. The zero-order valence-corrected chi connectivity index (χ0v) is 13.4. The summed E-state index contributed by atoms with van der Waals surface area (Å²) in [6.45, 7) is 2.55. The van der Waals surface area contributed by atoms with Crippen LogP contribution in [0.5, 0.6) is 0 Å². The molecule has 2 N–H and O–H groups in total. The van der Waals surface area contributed by atoms with Gasteiger partial charge in [-0.25, -0.2) is 13.4 Å². The first kappa shape index (κ1) is 15.9. The number of benzene rings is 1. The number of pyridine rings is 1. The highest BCUT2D eigenvalue weighted by atomic mass is 35.5. The average molecular weight is 346 g/mol. The lowest BCUT2D eigenvalue weighted by Crippen LogP contribution is -2.13. The molecule has 2 aromatic rings. The molecule has 21 heavy (non-hydrogen) atoms. The van der Waals surface area contributed by atoms with Crippen LogP contribution in [0.2, 0.25) is 10.0 Å². The van der Waals surface area contributed by atoms with Crippen molar-refractivity contribution in [3.63, 3.8) is 0 Å². The number of anilines is 2. The zero-order valence-electron chi connectivity index (χ0n) is 11.1. The molecular formula is C13H13Cl2N3O2S. The van der Waals surface area contributed by atoms with E-state index in [-0.39, 0.29) is 9.92 Å². The first-order valence-electron chi connectivity index (χ1n) is 6.10. The third kappa shape index (κ3) is 4.00. The van der Waals surface area contributed by atoms with Gasteiger partial charge in [-0.3, -0.25) is 4.72 Å². The molecule has 0 unspecified atom stereocenters. The number of sulfonamides is 1. The summed E-state index contributed by atoms with van der Waals surface area (Å²) in [5.41, 5.74) is 0.339. The summed E-state index contributed by atoms with van der Waals surface area (Å²) in [7, 11) is -3.72. The van der Waals surface area contributed by atoms with E-state index in [1.165, 1.54) is 36.5 Å². The van der Waals surface area contributed by atoms with Gasteiger partial charge in [0, 0.05) is 18.8 Å². The minimum atomic E-state index is -3.72. The van der Waals surface area contributed by atoms with Crippen molar-refractivity contribution in [2.45, 2.75) is 11.8 Å². The highest BCUT2D eigenvalue weighted by molar-refractivity contribution is 7.92. The number of rotatable bonds is 5. The number of aromatic nitrogens is 1. The van der Waals surface area contributed by atoms with Crippen molar-refractivity contribution < 1.29 is 8.42 Å². The Labute approximate surface area is 133 Å². The molecule has 0 bridgehead atoms. The molecule has 0 fully saturated rings. The Hall–Kier alpha value is -1.50. The molecule has 112 valence electrons. The predicted octanol–water partition coefficient (Wildman–Crippen LogP) is 3.62. The van der Waals surface area contributed by atoms with E-state index < -0.39 is 10.0 Å². The van der Waals surface area contributed by atoms with Crippen LogP contribution in [0.4, 0.5) is 11.5 Å². The molecule has 1 heterocycles. The third-order valence-electron chi connectivity index (χ3n) is 2.57. The number of nitrogens with zero attached hydrogens (tertiary/aromatic N) is 1. The lowest BCUT2D eigenvalue weighted by molar-refractivity contribution is 0.601. The topological polar surface area (TPSA) is 71.1 Å². The van der Waals surface area contributed by atoms with Crippen molar-refractivity contribution in [2.75, 3.05) is 16.6 Å². The fourth-order valence-electron chi connectivity index (χ4n) is 1.63. The smallest absolute Gasteiger partial charge is 0.262 e. The van der Waals surface area contributed by atoms with Crippen molar-refractivity contribution in [3.8, 4) is 0 Å². The van der Waals surface area contributed by atoms with E-state index >= 15 is 0 Å². The van der Waals surface area contributed by atoms with Crippen molar-refractivity contribution in [1.82, 2.24) is 4.98 Å². The SMILES string of the molecule is CCNc1cc(S(=O)(=O)Nc2ccc(Cl)c(Cl)c2)ccn1. The van der Waals surface area contributed by atoms with Gasteiger partial charge in [0.25, 0.3) is 10.0 Å². The second-order valence-corrected chi connectivity index (χ2v) is 6.64. The standard InChI is InChI=1S/C13H13Cl2N3O2S/c1-2-16-13-8-10(5-6-17-13)21(19,20)18-9-3-4-11(14)12(15)7-9/h3-8,18H,2H2,1H3,(H,16,17). The zero-order chi connectivity index (χ0) is 15.5. The van der Waals surface area contributed by atoms with Crippen LogP contribution in [0.3, 0.4) is 0 Å². The number of halogens is 2. The Morgan fingerprint density at radius 1 is 1.14 bits per heavy atom. The molecule has 0 amide bonds. The summed E-state index contributed by atoms with van der Waals surface area (Å²) in [4.78, 5) is 4.14. The Morgan fingerprint density at radius 3 is 2.57 bits per heavy atom. The van der Waals surface area contributed by atoms with Crippen LogP contribution in [-0.4, -0.2) is 19.9 Å². The van der Waals surface area contributed by atoms with E-state index in [9.17, 15) is 8.42 Å². The van der Waals surface area contributed by atoms with Gasteiger partial charge in [0.15, 0.2) is 0 Å². The van der Waals surface area contributed by atoms with E-state index in [2.05, 4.69) is 15.0 Å². The Kier molecular flexibility index (Phi) is 4.92. The van der Waals surface area contributed by atoms with E-state index in [1.807, 2.05) is 6.92 Å². The maximum atomic E-state index is 12.3. The number of nitrogens with one attached hydrogen (secondary N) is 2. The molecule has 0 saturated heterocycles. The van der Waals surface area contributed by atoms with Gasteiger partial charge in [-0.1, -0.05) is 23.2 Å². The van der Waals surface area contributed by atoms with Gasteiger partial charge in [0.05, 0.1) is 20.6 Å². The molecule has 0 radical (unpaired) electrons. The van der Waals surface area contributed by atoms with Gasteiger partial charge in [-0.15, -0.1) is 0 Å². The molecule has 1 aromatic heterocycles. The Morgan fingerprint density at radius 2 is 1.90 bits per heavy atom. The van der Waals surface area contributed by atoms with E-state index in [0.29, 0.717) is 23.1 Å². The summed E-state index contributed by atoms with van der Waals surface area (Å²) < 4.78 is 27.1. The van der Waals surface area contributed by atoms with E-state index in [4.69, 9.17) is 23.2 Å². The molecule has 0 atom stereocenters. The maximum absolute atomic E-state index is 12.3. The molecular weight excluding hydrogens is 333 g/mol. The van der Waals surface area contributed by atoms with E-state index in [0.717, 1.165) is 0 Å². The minimum absolute atomic E-state index is 0.111. The minimum Gasteiger partial charge on any atom is -0.370 e. The lowest BCUT2D eigenvalue weighted by Gasteiger charge is -2.10.